The Morgan fingerprint density at radius 1 is 1.47 bits per heavy atom. The number of ether oxygens (including phenoxy) is 2. The van der Waals surface area contributed by atoms with Crippen molar-refractivity contribution in [3.05, 3.63) is 24.3 Å². The molecule has 1 aromatic rings. The van der Waals surface area contributed by atoms with Crippen LogP contribution in [0, 0.1) is 11.3 Å². The molecule has 0 atom stereocenters. The quantitative estimate of drug-likeness (QED) is 0.799. The highest BCUT2D eigenvalue weighted by Gasteiger charge is 2.10. The molecule has 0 heterocycles. The van der Waals surface area contributed by atoms with Crippen LogP contribution in [0.25, 0.3) is 0 Å². The molecule has 0 unspecified atom stereocenters. The molecule has 0 aliphatic carbocycles. The minimum Gasteiger partial charge on any atom is -0.497 e. The van der Waals surface area contributed by atoms with E-state index in [1.807, 2.05) is 6.07 Å². The van der Waals surface area contributed by atoms with Gasteiger partial charge in [0.05, 0.1) is 19.6 Å². The molecule has 0 spiro atoms. The number of hydrogen-bond acceptors (Lipinski definition) is 4. The van der Waals surface area contributed by atoms with E-state index in [9.17, 15) is 4.79 Å². The number of nitriles is 1. The van der Waals surface area contributed by atoms with Crippen molar-refractivity contribution in [2.45, 2.75) is 6.42 Å². The van der Waals surface area contributed by atoms with Gasteiger partial charge in [0.1, 0.15) is 11.5 Å². The minimum absolute atomic E-state index is 0.281. The SMILES string of the molecule is COc1cccc(OC(=O)N(C)CCC#N)c1. The molecule has 0 fully saturated rings. The summed E-state index contributed by atoms with van der Waals surface area (Å²) in [6, 6.07) is 8.75. The lowest BCUT2D eigenvalue weighted by Crippen LogP contribution is -2.30. The van der Waals surface area contributed by atoms with Crippen LogP contribution < -0.4 is 9.47 Å². The second-order valence-electron chi connectivity index (χ2n) is 3.38. The molecule has 1 amide bonds. The molecule has 0 aliphatic rings. The van der Waals surface area contributed by atoms with Crippen molar-refractivity contribution in [3.8, 4) is 17.6 Å². The number of methoxy groups -OCH3 is 1. The second kappa shape index (κ2) is 6.38. The summed E-state index contributed by atoms with van der Waals surface area (Å²) in [6.45, 7) is 0.347. The molecule has 0 radical (unpaired) electrons. The van der Waals surface area contributed by atoms with Crippen molar-refractivity contribution in [2.24, 2.45) is 0 Å². The first-order chi connectivity index (χ1) is 8.17. The van der Waals surface area contributed by atoms with E-state index in [4.69, 9.17) is 14.7 Å². The Morgan fingerprint density at radius 3 is 2.82 bits per heavy atom. The Bertz CT molecular complexity index is 426. The number of nitrogens with zero attached hydrogens (tertiary/aromatic N) is 2. The number of carbonyl (C=O) groups is 1. The van der Waals surface area contributed by atoms with Crippen LogP contribution >= 0.6 is 0 Å². The summed E-state index contributed by atoms with van der Waals surface area (Å²) in [4.78, 5) is 12.9. The topological polar surface area (TPSA) is 62.6 Å². The zero-order chi connectivity index (χ0) is 12.7. The summed E-state index contributed by atoms with van der Waals surface area (Å²) >= 11 is 0. The number of amides is 1. The predicted octanol–water partition coefficient (Wildman–Crippen LogP) is 2.04. The Kier molecular flexibility index (Phi) is 4.82. The van der Waals surface area contributed by atoms with E-state index in [2.05, 4.69) is 0 Å². The molecule has 1 aromatic carbocycles. The van der Waals surface area contributed by atoms with Gasteiger partial charge in [-0.3, -0.25) is 0 Å². The molecular formula is C12H14N2O3. The third-order valence-electron chi connectivity index (χ3n) is 2.12. The zero-order valence-corrected chi connectivity index (χ0v) is 9.84. The number of rotatable bonds is 4. The number of hydrogen-bond donors (Lipinski definition) is 0. The van der Waals surface area contributed by atoms with Crippen molar-refractivity contribution in [2.75, 3.05) is 20.7 Å². The van der Waals surface area contributed by atoms with Gasteiger partial charge in [-0.2, -0.15) is 5.26 Å². The Labute approximate surface area is 100 Å². The van der Waals surface area contributed by atoms with Gasteiger partial charge in [-0.25, -0.2) is 4.79 Å². The maximum atomic E-state index is 11.6. The van der Waals surface area contributed by atoms with E-state index < -0.39 is 6.09 Å². The smallest absolute Gasteiger partial charge is 0.414 e. The minimum atomic E-state index is -0.492. The van der Waals surface area contributed by atoms with E-state index in [0.717, 1.165) is 0 Å². The van der Waals surface area contributed by atoms with Crippen molar-refractivity contribution in [1.82, 2.24) is 4.90 Å². The average molecular weight is 234 g/mol. The van der Waals surface area contributed by atoms with Crippen LogP contribution in [-0.4, -0.2) is 31.7 Å². The Hall–Kier alpha value is -2.22. The molecule has 17 heavy (non-hydrogen) atoms. The molecule has 5 nitrogen and oxygen atoms in total. The van der Waals surface area contributed by atoms with E-state index in [0.29, 0.717) is 18.0 Å². The molecule has 0 aliphatic heterocycles. The highest BCUT2D eigenvalue weighted by Crippen LogP contribution is 2.19. The van der Waals surface area contributed by atoms with Gasteiger partial charge in [0.2, 0.25) is 0 Å². The monoisotopic (exact) mass is 234 g/mol. The summed E-state index contributed by atoms with van der Waals surface area (Å²) in [5, 5.41) is 8.41. The zero-order valence-electron chi connectivity index (χ0n) is 9.84. The lowest BCUT2D eigenvalue weighted by molar-refractivity contribution is 0.164. The summed E-state index contributed by atoms with van der Waals surface area (Å²) in [5.74, 6) is 1.04. The van der Waals surface area contributed by atoms with Crippen LogP contribution in [0.15, 0.2) is 24.3 Å². The van der Waals surface area contributed by atoms with Gasteiger partial charge in [0.15, 0.2) is 0 Å². The van der Waals surface area contributed by atoms with E-state index in [1.54, 1.807) is 38.4 Å². The van der Waals surface area contributed by atoms with Gasteiger partial charge in [0.25, 0.3) is 0 Å². The van der Waals surface area contributed by atoms with E-state index >= 15 is 0 Å². The molecule has 0 aromatic heterocycles. The fraction of sp³-hybridized carbons (Fsp3) is 0.333. The van der Waals surface area contributed by atoms with E-state index in [-0.39, 0.29) is 6.42 Å². The van der Waals surface area contributed by atoms with Crippen LogP contribution in [0.5, 0.6) is 11.5 Å². The molecule has 5 heteroatoms. The van der Waals surface area contributed by atoms with Crippen molar-refractivity contribution >= 4 is 6.09 Å². The summed E-state index contributed by atoms with van der Waals surface area (Å²) in [6.07, 6.45) is -0.211. The third kappa shape index (κ3) is 4.03. The highest BCUT2D eigenvalue weighted by atomic mass is 16.6. The Morgan fingerprint density at radius 2 is 2.18 bits per heavy atom. The molecule has 90 valence electrons. The molecule has 0 N–H and O–H groups in total. The van der Waals surface area contributed by atoms with Crippen LogP contribution in [0.2, 0.25) is 0 Å². The van der Waals surface area contributed by atoms with Crippen molar-refractivity contribution < 1.29 is 14.3 Å². The lowest BCUT2D eigenvalue weighted by atomic mass is 10.3. The van der Waals surface area contributed by atoms with Crippen LogP contribution in [0.1, 0.15) is 6.42 Å². The lowest BCUT2D eigenvalue weighted by Gasteiger charge is -2.15. The fourth-order valence-corrected chi connectivity index (χ4v) is 1.15. The van der Waals surface area contributed by atoms with Gasteiger partial charge in [0, 0.05) is 19.7 Å². The third-order valence-corrected chi connectivity index (χ3v) is 2.12. The molecule has 0 bridgehead atoms. The van der Waals surface area contributed by atoms with Crippen LogP contribution in [-0.2, 0) is 0 Å². The standard InChI is InChI=1S/C12H14N2O3/c1-14(8-4-7-13)12(15)17-11-6-3-5-10(9-11)16-2/h3,5-6,9H,4,8H2,1-2H3. The second-order valence-corrected chi connectivity index (χ2v) is 3.38. The fourth-order valence-electron chi connectivity index (χ4n) is 1.15. The summed E-state index contributed by atoms with van der Waals surface area (Å²) < 4.78 is 10.1. The summed E-state index contributed by atoms with van der Waals surface area (Å²) in [7, 11) is 3.12. The highest BCUT2D eigenvalue weighted by molar-refractivity contribution is 5.70. The molecular weight excluding hydrogens is 220 g/mol. The van der Waals surface area contributed by atoms with Crippen LogP contribution in [0.4, 0.5) is 4.79 Å². The normalized spacial score (nSPS) is 9.24. The average Bonchev–Trinajstić information content (AvgIpc) is 2.36. The van der Waals surface area contributed by atoms with Crippen LogP contribution in [0.3, 0.4) is 0 Å². The maximum absolute atomic E-state index is 11.6. The first-order valence-electron chi connectivity index (χ1n) is 5.11. The van der Waals surface area contributed by atoms with E-state index in [1.165, 1.54) is 4.90 Å². The number of carbonyl (C=O) groups excluding carboxylic acids is 1. The first kappa shape index (κ1) is 12.8. The van der Waals surface area contributed by atoms with Crippen molar-refractivity contribution in [1.29, 1.82) is 5.26 Å². The molecule has 0 saturated carbocycles. The molecule has 1 rings (SSSR count). The Balaban J connectivity index is 2.58. The van der Waals surface area contributed by atoms with Gasteiger partial charge in [-0.1, -0.05) is 6.07 Å². The van der Waals surface area contributed by atoms with Gasteiger partial charge in [-0.05, 0) is 12.1 Å². The maximum Gasteiger partial charge on any atom is 0.414 e. The van der Waals surface area contributed by atoms with Gasteiger partial charge in [-0.15, -0.1) is 0 Å². The first-order valence-corrected chi connectivity index (χ1v) is 5.11. The largest absolute Gasteiger partial charge is 0.497 e. The van der Waals surface area contributed by atoms with Gasteiger partial charge < -0.3 is 14.4 Å². The predicted molar refractivity (Wildman–Crippen MR) is 61.9 cm³/mol. The summed E-state index contributed by atoms with van der Waals surface area (Å²) in [5.41, 5.74) is 0. The van der Waals surface area contributed by atoms with Crippen molar-refractivity contribution in [3.63, 3.8) is 0 Å². The van der Waals surface area contributed by atoms with Gasteiger partial charge >= 0.3 is 6.09 Å². The molecule has 0 saturated heterocycles. The number of benzene rings is 1.